The minimum absolute atomic E-state index is 0.163. The molecule has 0 fully saturated rings. The van der Waals surface area contributed by atoms with Gasteiger partial charge in [0.2, 0.25) is 0 Å². The van der Waals surface area contributed by atoms with Crippen molar-refractivity contribution in [3.8, 4) is 0 Å². The fraction of sp³-hybridized carbons (Fsp3) is 0.900. The van der Waals surface area contributed by atoms with Crippen molar-refractivity contribution < 1.29 is 13.2 Å². The molecule has 0 N–H and O–H groups in total. The van der Waals surface area contributed by atoms with Crippen LogP contribution in [0.5, 0.6) is 0 Å². The first-order chi connectivity index (χ1) is 6.52. The summed E-state index contributed by atoms with van der Waals surface area (Å²) in [6.07, 6.45) is 2.98. The Bertz CT molecular complexity index is 255. The predicted octanol–water partition coefficient (Wildman–Crippen LogP) is 1.96. The van der Waals surface area contributed by atoms with Gasteiger partial charge < -0.3 is 0 Å². The van der Waals surface area contributed by atoms with Crippen molar-refractivity contribution in [1.82, 2.24) is 0 Å². The zero-order chi connectivity index (χ0) is 11.0. The van der Waals surface area contributed by atoms with Crippen LogP contribution in [0.15, 0.2) is 0 Å². The van der Waals surface area contributed by atoms with E-state index in [1.165, 1.54) is 0 Å². The predicted molar refractivity (Wildman–Crippen MR) is 58.1 cm³/mol. The maximum absolute atomic E-state index is 11.3. The van der Waals surface area contributed by atoms with Crippen LogP contribution in [0, 0.1) is 0 Å². The van der Waals surface area contributed by atoms with E-state index in [0.717, 1.165) is 6.42 Å². The Morgan fingerprint density at radius 3 is 2.14 bits per heavy atom. The first kappa shape index (κ1) is 13.6. The second kappa shape index (κ2) is 6.98. The van der Waals surface area contributed by atoms with E-state index in [0.29, 0.717) is 25.7 Å². The summed E-state index contributed by atoms with van der Waals surface area (Å²) in [7, 11) is -2.89. The van der Waals surface area contributed by atoms with E-state index >= 15 is 0 Å². The van der Waals surface area contributed by atoms with E-state index in [1.807, 2.05) is 13.8 Å². The number of carbonyl (C=O) groups is 1. The number of ketones is 1. The lowest BCUT2D eigenvalue weighted by Gasteiger charge is -2.01. The molecule has 0 rings (SSSR count). The summed E-state index contributed by atoms with van der Waals surface area (Å²) in [4.78, 5) is 11.1. The Kier molecular flexibility index (Phi) is 6.79. The molecule has 0 saturated carbocycles. The van der Waals surface area contributed by atoms with Gasteiger partial charge in [0.25, 0.3) is 0 Å². The molecule has 0 unspecified atom stereocenters. The van der Waals surface area contributed by atoms with Gasteiger partial charge in [-0.15, -0.1) is 0 Å². The molecular weight excluding hydrogens is 200 g/mol. The third kappa shape index (κ3) is 7.06. The van der Waals surface area contributed by atoms with E-state index in [9.17, 15) is 13.2 Å². The minimum Gasteiger partial charge on any atom is -0.300 e. The summed E-state index contributed by atoms with van der Waals surface area (Å²) >= 11 is 0. The molecule has 0 aromatic heterocycles. The van der Waals surface area contributed by atoms with Gasteiger partial charge in [0.1, 0.15) is 15.6 Å². The van der Waals surface area contributed by atoms with Crippen molar-refractivity contribution in [2.75, 3.05) is 11.5 Å². The zero-order valence-corrected chi connectivity index (χ0v) is 9.90. The molecule has 0 aromatic carbocycles. The number of Topliss-reactive ketones (excluding diaryl/α,β-unsaturated/α-hetero) is 1. The van der Waals surface area contributed by atoms with E-state index < -0.39 is 9.84 Å². The van der Waals surface area contributed by atoms with Gasteiger partial charge in [-0.05, 0) is 19.3 Å². The molecule has 0 aliphatic carbocycles. The number of carbonyl (C=O) groups excluding carboxylic acids is 1. The molecule has 0 heterocycles. The Morgan fingerprint density at radius 2 is 1.64 bits per heavy atom. The molecule has 0 aliphatic rings. The van der Waals surface area contributed by atoms with Gasteiger partial charge >= 0.3 is 0 Å². The minimum atomic E-state index is -2.89. The molecule has 14 heavy (non-hydrogen) atoms. The number of hydrogen-bond donors (Lipinski definition) is 0. The van der Waals surface area contributed by atoms with Gasteiger partial charge in [-0.1, -0.05) is 13.8 Å². The van der Waals surface area contributed by atoms with Crippen molar-refractivity contribution in [3.05, 3.63) is 0 Å². The van der Waals surface area contributed by atoms with Crippen LogP contribution in [0.25, 0.3) is 0 Å². The fourth-order valence-electron chi connectivity index (χ4n) is 1.31. The van der Waals surface area contributed by atoms with Crippen molar-refractivity contribution in [1.29, 1.82) is 0 Å². The zero-order valence-electron chi connectivity index (χ0n) is 9.08. The van der Waals surface area contributed by atoms with Gasteiger partial charge in [-0.3, -0.25) is 4.79 Å². The molecular formula is C10H20O3S. The second-order valence-corrected chi connectivity index (χ2v) is 5.85. The van der Waals surface area contributed by atoms with Crippen molar-refractivity contribution in [3.63, 3.8) is 0 Å². The van der Waals surface area contributed by atoms with Crippen LogP contribution in [0.4, 0.5) is 0 Å². The van der Waals surface area contributed by atoms with E-state index in [-0.39, 0.29) is 17.3 Å². The summed E-state index contributed by atoms with van der Waals surface area (Å²) in [5, 5.41) is 0. The molecule has 0 bridgehead atoms. The van der Waals surface area contributed by atoms with E-state index in [4.69, 9.17) is 0 Å². The molecule has 84 valence electrons. The third-order valence-corrected chi connectivity index (χ3v) is 3.90. The van der Waals surface area contributed by atoms with Gasteiger partial charge in [-0.25, -0.2) is 8.42 Å². The first-order valence-corrected chi connectivity index (χ1v) is 7.06. The molecule has 0 aliphatic heterocycles. The lowest BCUT2D eigenvalue weighted by molar-refractivity contribution is -0.119. The molecule has 4 heteroatoms. The third-order valence-electron chi connectivity index (χ3n) is 1.95. The highest BCUT2D eigenvalue weighted by Gasteiger charge is 2.09. The number of hydrogen-bond acceptors (Lipinski definition) is 3. The Labute approximate surface area is 86.8 Å². The SMILES string of the molecule is CCCC(=O)CCCS(=O)(=O)CCC. The quantitative estimate of drug-likeness (QED) is 0.628. The number of sulfone groups is 1. The van der Waals surface area contributed by atoms with E-state index in [1.54, 1.807) is 0 Å². The largest absolute Gasteiger partial charge is 0.300 e. The molecule has 0 spiro atoms. The molecule has 0 amide bonds. The van der Waals surface area contributed by atoms with Crippen LogP contribution in [-0.2, 0) is 14.6 Å². The topological polar surface area (TPSA) is 51.2 Å². The molecule has 3 nitrogen and oxygen atoms in total. The number of rotatable bonds is 8. The van der Waals surface area contributed by atoms with Crippen LogP contribution in [0.1, 0.15) is 46.0 Å². The highest BCUT2D eigenvalue weighted by Crippen LogP contribution is 2.02. The monoisotopic (exact) mass is 220 g/mol. The average Bonchev–Trinajstić information content (AvgIpc) is 2.03. The Balaban J connectivity index is 3.68. The standard InChI is InChI=1S/C10H20O3S/c1-3-6-10(11)7-5-9-14(12,13)8-4-2/h3-9H2,1-2H3. The summed E-state index contributed by atoms with van der Waals surface area (Å²) in [6, 6.07) is 0. The normalized spacial score (nSPS) is 11.6. The van der Waals surface area contributed by atoms with E-state index in [2.05, 4.69) is 0 Å². The highest BCUT2D eigenvalue weighted by molar-refractivity contribution is 7.91. The summed E-state index contributed by atoms with van der Waals surface area (Å²) in [6.45, 7) is 3.80. The Hall–Kier alpha value is -0.380. The van der Waals surface area contributed by atoms with Gasteiger partial charge in [0.05, 0.1) is 5.75 Å². The summed E-state index contributed by atoms with van der Waals surface area (Å²) < 4.78 is 22.5. The smallest absolute Gasteiger partial charge is 0.150 e. The van der Waals surface area contributed by atoms with Gasteiger partial charge in [0, 0.05) is 18.6 Å². The van der Waals surface area contributed by atoms with Crippen LogP contribution in [0.2, 0.25) is 0 Å². The summed E-state index contributed by atoms with van der Waals surface area (Å²) in [5.74, 6) is 0.588. The molecule has 0 radical (unpaired) electrons. The van der Waals surface area contributed by atoms with Crippen LogP contribution < -0.4 is 0 Å². The van der Waals surface area contributed by atoms with Crippen molar-refractivity contribution >= 4 is 15.6 Å². The average molecular weight is 220 g/mol. The highest BCUT2D eigenvalue weighted by atomic mass is 32.2. The second-order valence-electron chi connectivity index (χ2n) is 3.54. The van der Waals surface area contributed by atoms with Gasteiger partial charge in [0.15, 0.2) is 0 Å². The van der Waals surface area contributed by atoms with Crippen LogP contribution in [-0.4, -0.2) is 25.7 Å². The van der Waals surface area contributed by atoms with Crippen molar-refractivity contribution in [2.45, 2.75) is 46.0 Å². The maximum atomic E-state index is 11.3. The van der Waals surface area contributed by atoms with Crippen LogP contribution >= 0.6 is 0 Å². The maximum Gasteiger partial charge on any atom is 0.150 e. The van der Waals surface area contributed by atoms with Crippen LogP contribution in [0.3, 0.4) is 0 Å². The lowest BCUT2D eigenvalue weighted by Crippen LogP contribution is -2.11. The Morgan fingerprint density at radius 1 is 1.00 bits per heavy atom. The molecule has 0 atom stereocenters. The lowest BCUT2D eigenvalue weighted by atomic mass is 10.1. The van der Waals surface area contributed by atoms with Gasteiger partial charge in [-0.2, -0.15) is 0 Å². The molecule has 0 saturated heterocycles. The first-order valence-electron chi connectivity index (χ1n) is 5.24. The fourth-order valence-corrected chi connectivity index (χ4v) is 2.72. The van der Waals surface area contributed by atoms with Crippen molar-refractivity contribution in [2.24, 2.45) is 0 Å². The molecule has 0 aromatic rings. The summed E-state index contributed by atoms with van der Waals surface area (Å²) in [5.41, 5.74) is 0.